The van der Waals surface area contributed by atoms with E-state index in [0.29, 0.717) is 0 Å². The highest BCUT2D eigenvalue weighted by Gasteiger charge is 2.19. The maximum atomic E-state index is 6.21. The quantitative estimate of drug-likeness (QED) is 0.184. The fourth-order valence-corrected chi connectivity index (χ4v) is 7.50. The Labute approximate surface area is 277 Å². The van der Waals surface area contributed by atoms with Gasteiger partial charge in [0.2, 0.25) is 0 Å². The van der Waals surface area contributed by atoms with E-state index >= 15 is 0 Å². The van der Waals surface area contributed by atoms with E-state index in [-0.39, 0.29) is 0 Å². The third-order valence-corrected chi connectivity index (χ3v) is 9.77. The summed E-state index contributed by atoms with van der Waals surface area (Å²) < 4.78 is 6.21. The first-order chi connectivity index (χ1) is 23.8. The molecule has 2 heteroatoms. The van der Waals surface area contributed by atoms with Crippen LogP contribution in [0.2, 0.25) is 0 Å². The van der Waals surface area contributed by atoms with Crippen molar-refractivity contribution in [3.63, 3.8) is 0 Å². The zero-order chi connectivity index (χ0) is 31.6. The average molecular weight is 612 g/mol. The first-order valence-corrected chi connectivity index (χ1v) is 16.4. The molecule has 0 fully saturated rings. The molecule has 10 aromatic rings. The van der Waals surface area contributed by atoms with Crippen molar-refractivity contribution in [3.8, 4) is 11.1 Å². The molecule has 0 radical (unpaired) electrons. The number of hydrogen-bond acceptors (Lipinski definition) is 2. The first-order valence-electron chi connectivity index (χ1n) is 16.4. The summed E-state index contributed by atoms with van der Waals surface area (Å²) in [5.41, 5.74) is 7.67. The smallest absolute Gasteiger partial charge is 0.136 e. The minimum Gasteiger partial charge on any atom is -0.456 e. The topological polar surface area (TPSA) is 16.4 Å². The summed E-state index contributed by atoms with van der Waals surface area (Å²) in [6, 6.07) is 63.5. The van der Waals surface area contributed by atoms with Gasteiger partial charge in [0.15, 0.2) is 0 Å². The molecule has 0 unspecified atom stereocenters. The molecule has 0 spiro atoms. The molecule has 0 N–H and O–H groups in total. The summed E-state index contributed by atoms with van der Waals surface area (Å²) in [7, 11) is 0. The van der Waals surface area contributed by atoms with Crippen molar-refractivity contribution in [2.24, 2.45) is 0 Å². The Kier molecular flexibility index (Phi) is 5.91. The molecule has 2 nitrogen and oxygen atoms in total. The molecule has 48 heavy (non-hydrogen) atoms. The van der Waals surface area contributed by atoms with Crippen molar-refractivity contribution in [1.29, 1.82) is 0 Å². The van der Waals surface area contributed by atoms with E-state index in [2.05, 4.69) is 169 Å². The summed E-state index contributed by atoms with van der Waals surface area (Å²) in [6.45, 7) is 0. The molecule has 1 aromatic heterocycles. The van der Waals surface area contributed by atoms with Crippen LogP contribution in [-0.4, -0.2) is 0 Å². The molecule has 0 aliphatic carbocycles. The average Bonchev–Trinajstić information content (AvgIpc) is 3.52. The van der Waals surface area contributed by atoms with Gasteiger partial charge in [0.1, 0.15) is 11.2 Å². The van der Waals surface area contributed by atoms with Crippen molar-refractivity contribution in [3.05, 3.63) is 176 Å². The summed E-state index contributed by atoms with van der Waals surface area (Å²) in [5.74, 6) is 0. The van der Waals surface area contributed by atoms with Gasteiger partial charge in [0.25, 0.3) is 0 Å². The zero-order valence-electron chi connectivity index (χ0n) is 26.1. The first kappa shape index (κ1) is 26.8. The van der Waals surface area contributed by atoms with Crippen molar-refractivity contribution in [1.82, 2.24) is 0 Å². The van der Waals surface area contributed by atoms with Crippen LogP contribution in [0.25, 0.3) is 76.2 Å². The number of furan rings is 1. The maximum Gasteiger partial charge on any atom is 0.136 e. The van der Waals surface area contributed by atoms with Crippen LogP contribution in [0.4, 0.5) is 17.1 Å². The van der Waals surface area contributed by atoms with Crippen LogP contribution in [0, 0.1) is 0 Å². The maximum absolute atomic E-state index is 6.21. The summed E-state index contributed by atoms with van der Waals surface area (Å²) in [5, 5.41) is 12.1. The van der Waals surface area contributed by atoms with Crippen molar-refractivity contribution < 1.29 is 4.42 Å². The predicted octanol–water partition coefficient (Wildman–Crippen LogP) is 13.3. The van der Waals surface area contributed by atoms with Crippen LogP contribution in [-0.2, 0) is 0 Å². The van der Waals surface area contributed by atoms with Crippen molar-refractivity contribution in [2.75, 3.05) is 4.90 Å². The Morgan fingerprint density at radius 2 is 0.979 bits per heavy atom. The summed E-state index contributed by atoms with van der Waals surface area (Å²) >= 11 is 0. The molecule has 0 aliphatic heterocycles. The van der Waals surface area contributed by atoms with Crippen LogP contribution in [0.15, 0.2) is 180 Å². The molecule has 10 rings (SSSR count). The van der Waals surface area contributed by atoms with E-state index in [9.17, 15) is 0 Å². The molecule has 224 valence electrons. The van der Waals surface area contributed by atoms with E-state index in [1.165, 1.54) is 54.2 Å². The fraction of sp³-hybridized carbons (Fsp3) is 0. The van der Waals surface area contributed by atoms with Crippen LogP contribution in [0.3, 0.4) is 0 Å². The normalized spacial score (nSPS) is 11.8. The van der Waals surface area contributed by atoms with Gasteiger partial charge in [0.05, 0.1) is 5.69 Å². The summed E-state index contributed by atoms with van der Waals surface area (Å²) in [6.07, 6.45) is 0. The molecular formula is C46H29NO. The second kappa shape index (κ2) is 10.6. The lowest BCUT2D eigenvalue weighted by molar-refractivity contribution is 0.669. The highest BCUT2D eigenvalue weighted by Crippen LogP contribution is 2.44. The number of benzene rings is 9. The largest absolute Gasteiger partial charge is 0.456 e. The third-order valence-electron chi connectivity index (χ3n) is 9.77. The minimum atomic E-state index is 0.923. The SMILES string of the molecule is c1ccc(-c2ccc3c(c2)cc(N(c2ccccc2)c2ccc4c(ccc5cc6oc7ccccc7c6cc54)c2)c2ccccc23)cc1. The number of anilines is 3. The number of nitrogens with zero attached hydrogens (tertiary/aromatic N) is 1. The highest BCUT2D eigenvalue weighted by molar-refractivity contribution is 6.18. The molecule has 0 saturated heterocycles. The zero-order valence-corrected chi connectivity index (χ0v) is 26.1. The van der Waals surface area contributed by atoms with E-state index in [1.54, 1.807) is 0 Å². The lowest BCUT2D eigenvalue weighted by atomic mass is 9.95. The number of rotatable bonds is 4. The molecule has 0 aliphatic rings. The Hall–Kier alpha value is -6.38. The Bertz CT molecular complexity index is 2830. The second-order valence-electron chi connectivity index (χ2n) is 12.6. The van der Waals surface area contributed by atoms with Crippen LogP contribution >= 0.6 is 0 Å². The predicted molar refractivity (Wildman–Crippen MR) is 204 cm³/mol. The van der Waals surface area contributed by atoms with Gasteiger partial charge in [-0.05, 0) is 103 Å². The molecular weight excluding hydrogens is 583 g/mol. The van der Waals surface area contributed by atoms with Gasteiger partial charge in [-0.25, -0.2) is 0 Å². The number of para-hydroxylation sites is 2. The molecule has 0 saturated carbocycles. The van der Waals surface area contributed by atoms with Crippen LogP contribution < -0.4 is 4.90 Å². The van der Waals surface area contributed by atoms with Gasteiger partial charge in [-0.3, -0.25) is 0 Å². The summed E-state index contributed by atoms with van der Waals surface area (Å²) in [4.78, 5) is 2.41. The van der Waals surface area contributed by atoms with Gasteiger partial charge < -0.3 is 9.32 Å². The molecule has 0 atom stereocenters. The van der Waals surface area contributed by atoms with Crippen molar-refractivity contribution >= 4 is 82.1 Å². The molecule has 0 amide bonds. The molecule has 1 heterocycles. The van der Waals surface area contributed by atoms with E-state index in [4.69, 9.17) is 4.42 Å². The lowest BCUT2D eigenvalue weighted by Gasteiger charge is -2.28. The fourth-order valence-electron chi connectivity index (χ4n) is 7.50. The van der Waals surface area contributed by atoms with Gasteiger partial charge in [0, 0.05) is 27.5 Å². The van der Waals surface area contributed by atoms with E-state index in [0.717, 1.165) is 39.0 Å². The van der Waals surface area contributed by atoms with Crippen LogP contribution in [0.5, 0.6) is 0 Å². The minimum absolute atomic E-state index is 0.923. The highest BCUT2D eigenvalue weighted by atomic mass is 16.3. The van der Waals surface area contributed by atoms with E-state index in [1.807, 2.05) is 12.1 Å². The Balaban J connectivity index is 1.21. The van der Waals surface area contributed by atoms with Crippen molar-refractivity contribution in [2.45, 2.75) is 0 Å². The Morgan fingerprint density at radius 1 is 0.312 bits per heavy atom. The molecule has 9 aromatic carbocycles. The second-order valence-corrected chi connectivity index (χ2v) is 12.6. The lowest BCUT2D eigenvalue weighted by Crippen LogP contribution is -2.10. The van der Waals surface area contributed by atoms with Gasteiger partial charge in [-0.1, -0.05) is 121 Å². The monoisotopic (exact) mass is 611 g/mol. The van der Waals surface area contributed by atoms with E-state index < -0.39 is 0 Å². The molecule has 0 bridgehead atoms. The standard InChI is InChI=1S/C46H29NO/c1-3-11-30(12-4-1)31-21-23-38-34(25-31)27-44(40-16-8-7-15-39(38)40)47(35-13-5-2-6-14-35)36-22-24-37-32(26-36)19-20-33-28-46-43(29-42(33)37)41-17-9-10-18-45(41)48-46/h1-29H. The number of fused-ring (bicyclic) bond motifs is 9. The van der Waals surface area contributed by atoms with Gasteiger partial charge in [-0.2, -0.15) is 0 Å². The van der Waals surface area contributed by atoms with Gasteiger partial charge >= 0.3 is 0 Å². The van der Waals surface area contributed by atoms with Crippen LogP contribution in [0.1, 0.15) is 0 Å². The number of hydrogen-bond donors (Lipinski definition) is 0. The Morgan fingerprint density at radius 3 is 1.81 bits per heavy atom. The third kappa shape index (κ3) is 4.20. The van der Waals surface area contributed by atoms with Gasteiger partial charge in [-0.15, -0.1) is 0 Å².